The smallest absolute Gasteiger partial charge is 0.133 e. The zero-order chi connectivity index (χ0) is 13.7. The zero-order valence-corrected chi connectivity index (χ0v) is 13.1. The van der Waals surface area contributed by atoms with Crippen LogP contribution in [0, 0.1) is 5.92 Å². The number of hydrogen-bond acceptors (Lipinski definition) is 3. The molecule has 1 aromatic rings. The Kier molecular flexibility index (Phi) is 6.12. The van der Waals surface area contributed by atoms with Crippen LogP contribution in [-0.2, 0) is 6.54 Å². The van der Waals surface area contributed by atoms with E-state index in [1.807, 2.05) is 13.1 Å². The van der Waals surface area contributed by atoms with E-state index in [4.69, 9.17) is 4.74 Å². The molecule has 1 aromatic carbocycles. The van der Waals surface area contributed by atoms with Crippen LogP contribution < -0.4 is 4.74 Å². The summed E-state index contributed by atoms with van der Waals surface area (Å²) in [6.07, 6.45) is 0. The number of rotatable bonds is 6. The van der Waals surface area contributed by atoms with E-state index in [1.54, 1.807) is 7.11 Å². The molecule has 18 heavy (non-hydrogen) atoms. The summed E-state index contributed by atoms with van der Waals surface area (Å²) in [4.78, 5) is 2.18. The first kappa shape index (κ1) is 15.5. The predicted octanol–water partition coefficient (Wildman–Crippen LogP) is 2.91. The van der Waals surface area contributed by atoms with E-state index in [0.717, 1.165) is 16.8 Å². The van der Waals surface area contributed by atoms with Crippen molar-refractivity contribution in [1.82, 2.24) is 4.90 Å². The molecule has 0 aliphatic rings. The summed E-state index contributed by atoms with van der Waals surface area (Å²) in [6.45, 7) is 5.25. The second kappa shape index (κ2) is 7.12. The van der Waals surface area contributed by atoms with Crippen molar-refractivity contribution in [3.8, 4) is 5.75 Å². The third kappa shape index (κ3) is 3.97. The van der Waals surface area contributed by atoms with Crippen LogP contribution in [0.15, 0.2) is 22.7 Å². The summed E-state index contributed by atoms with van der Waals surface area (Å²) in [6, 6.07) is 6.25. The van der Waals surface area contributed by atoms with E-state index in [-0.39, 0.29) is 12.6 Å². The van der Waals surface area contributed by atoms with Crippen molar-refractivity contribution in [2.75, 3.05) is 20.8 Å². The van der Waals surface area contributed by atoms with Crippen LogP contribution in [0.3, 0.4) is 0 Å². The molecule has 0 aromatic heterocycles. The Morgan fingerprint density at radius 2 is 2.06 bits per heavy atom. The Labute approximate surface area is 118 Å². The quantitative estimate of drug-likeness (QED) is 0.876. The number of halogens is 1. The molecule has 1 rings (SSSR count). The van der Waals surface area contributed by atoms with Gasteiger partial charge in [-0.15, -0.1) is 0 Å². The van der Waals surface area contributed by atoms with Crippen LogP contribution in [0.5, 0.6) is 5.75 Å². The number of likely N-dealkylation sites (N-methyl/N-ethyl adjacent to an activating group) is 1. The second-order valence-electron chi connectivity index (χ2n) is 4.88. The van der Waals surface area contributed by atoms with Crippen molar-refractivity contribution >= 4 is 15.9 Å². The lowest BCUT2D eigenvalue weighted by molar-refractivity contribution is 0.108. The maximum absolute atomic E-state index is 9.41. The fraction of sp³-hybridized carbons (Fsp3) is 0.571. The first-order valence-electron chi connectivity index (χ1n) is 6.13. The largest absolute Gasteiger partial charge is 0.496 e. The van der Waals surface area contributed by atoms with E-state index in [0.29, 0.717) is 5.92 Å². The standard InChI is InChI=1S/C14H22BrNO2/c1-10(2)13(9-17)16(3)8-11-5-6-14(18-4)12(15)7-11/h5-7,10,13,17H,8-9H2,1-4H3. The Bertz CT molecular complexity index is 382. The van der Waals surface area contributed by atoms with Gasteiger partial charge in [-0.1, -0.05) is 19.9 Å². The van der Waals surface area contributed by atoms with Gasteiger partial charge >= 0.3 is 0 Å². The van der Waals surface area contributed by atoms with Gasteiger partial charge in [-0.05, 0) is 46.6 Å². The van der Waals surface area contributed by atoms with Gasteiger partial charge in [0.2, 0.25) is 0 Å². The number of aliphatic hydroxyl groups excluding tert-OH is 1. The maximum atomic E-state index is 9.41. The van der Waals surface area contributed by atoms with Gasteiger partial charge in [0.15, 0.2) is 0 Å². The minimum Gasteiger partial charge on any atom is -0.496 e. The normalized spacial score (nSPS) is 13.1. The summed E-state index contributed by atoms with van der Waals surface area (Å²) in [5, 5.41) is 9.41. The molecule has 0 saturated carbocycles. The minimum atomic E-state index is 0.186. The van der Waals surface area contributed by atoms with Crippen molar-refractivity contribution in [3.63, 3.8) is 0 Å². The molecule has 1 unspecified atom stereocenters. The van der Waals surface area contributed by atoms with Crippen LogP contribution in [0.4, 0.5) is 0 Å². The van der Waals surface area contributed by atoms with Crippen molar-refractivity contribution in [2.45, 2.75) is 26.4 Å². The summed E-state index contributed by atoms with van der Waals surface area (Å²) < 4.78 is 6.17. The van der Waals surface area contributed by atoms with Crippen LogP contribution in [0.2, 0.25) is 0 Å². The molecule has 0 saturated heterocycles. The maximum Gasteiger partial charge on any atom is 0.133 e. The van der Waals surface area contributed by atoms with Crippen LogP contribution >= 0.6 is 15.9 Å². The molecule has 3 nitrogen and oxygen atoms in total. The van der Waals surface area contributed by atoms with Crippen molar-refractivity contribution < 1.29 is 9.84 Å². The lowest BCUT2D eigenvalue weighted by Gasteiger charge is -2.29. The van der Waals surface area contributed by atoms with E-state index >= 15 is 0 Å². The number of ether oxygens (including phenoxy) is 1. The van der Waals surface area contributed by atoms with Gasteiger partial charge in [-0.3, -0.25) is 4.90 Å². The molecule has 0 bridgehead atoms. The average Bonchev–Trinajstić information content (AvgIpc) is 2.29. The molecule has 0 amide bonds. The fourth-order valence-corrected chi connectivity index (χ4v) is 2.66. The molecule has 1 atom stereocenters. The van der Waals surface area contributed by atoms with Gasteiger partial charge in [-0.25, -0.2) is 0 Å². The minimum absolute atomic E-state index is 0.186. The molecular formula is C14H22BrNO2. The number of benzene rings is 1. The van der Waals surface area contributed by atoms with Crippen LogP contribution in [-0.4, -0.2) is 36.8 Å². The third-order valence-electron chi connectivity index (χ3n) is 3.17. The van der Waals surface area contributed by atoms with Crippen molar-refractivity contribution in [1.29, 1.82) is 0 Å². The average molecular weight is 316 g/mol. The molecule has 0 radical (unpaired) electrons. The molecular weight excluding hydrogens is 294 g/mol. The summed E-state index contributed by atoms with van der Waals surface area (Å²) in [5.74, 6) is 1.27. The van der Waals surface area contributed by atoms with E-state index in [1.165, 1.54) is 5.56 Å². The third-order valence-corrected chi connectivity index (χ3v) is 3.79. The second-order valence-corrected chi connectivity index (χ2v) is 5.73. The van der Waals surface area contributed by atoms with Crippen LogP contribution in [0.1, 0.15) is 19.4 Å². The number of methoxy groups -OCH3 is 1. The first-order valence-corrected chi connectivity index (χ1v) is 6.92. The molecule has 0 aliphatic carbocycles. The number of hydrogen-bond donors (Lipinski definition) is 1. The molecule has 0 spiro atoms. The summed E-state index contributed by atoms with van der Waals surface area (Å²) >= 11 is 3.49. The molecule has 0 aliphatic heterocycles. The topological polar surface area (TPSA) is 32.7 Å². The van der Waals surface area contributed by atoms with Gasteiger partial charge in [0.25, 0.3) is 0 Å². The van der Waals surface area contributed by atoms with Gasteiger partial charge < -0.3 is 9.84 Å². The Morgan fingerprint density at radius 3 is 2.50 bits per heavy atom. The molecule has 4 heteroatoms. The number of aliphatic hydroxyl groups is 1. The molecule has 0 heterocycles. The number of nitrogens with zero attached hydrogens (tertiary/aromatic N) is 1. The molecule has 0 fully saturated rings. The van der Waals surface area contributed by atoms with Gasteiger partial charge in [0, 0.05) is 12.6 Å². The molecule has 102 valence electrons. The predicted molar refractivity (Wildman–Crippen MR) is 77.9 cm³/mol. The lowest BCUT2D eigenvalue weighted by atomic mass is 10.0. The van der Waals surface area contributed by atoms with Gasteiger partial charge in [-0.2, -0.15) is 0 Å². The van der Waals surface area contributed by atoms with Crippen molar-refractivity contribution in [3.05, 3.63) is 28.2 Å². The highest BCUT2D eigenvalue weighted by molar-refractivity contribution is 9.10. The SMILES string of the molecule is COc1ccc(CN(C)C(CO)C(C)C)cc1Br. The molecule has 1 N–H and O–H groups in total. The Hall–Kier alpha value is -0.580. The van der Waals surface area contributed by atoms with E-state index in [9.17, 15) is 5.11 Å². The van der Waals surface area contributed by atoms with Gasteiger partial charge in [0.1, 0.15) is 5.75 Å². The van der Waals surface area contributed by atoms with Gasteiger partial charge in [0.05, 0.1) is 18.2 Å². The first-order chi connectivity index (χ1) is 8.49. The monoisotopic (exact) mass is 315 g/mol. The van der Waals surface area contributed by atoms with E-state index in [2.05, 4.69) is 46.8 Å². The Balaban J connectivity index is 2.75. The highest BCUT2D eigenvalue weighted by Gasteiger charge is 2.17. The van der Waals surface area contributed by atoms with Crippen LogP contribution in [0.25, 0.3) is 0 Å². The fourth-order valence-electron chi connectivity index (χ4n) is 2.07. The summed E-state index contributed by atoms with van der Waals surface area (Å²) in [7, 11) is 3.70. The highest BCUT2D eigenvalue weighted by Crippen LogP contribution is 2.26. The highest BCUT2D eigenvalue weighted by atomic mass is 79.9. The lowest BCUT2D eigenvalue weighted by Crippen LogP contribution is -2.38. The zero-order valence-electron chi connectivity index (χ0n) is 11.5. The van der Waals surface area contributed by atoms with E-state index < -0.39 is 0 Å². The summed E-state index contributed by atoms with van der Waals surface area (Å²) in [5.41, 5.74) is 1.20. The Morgan fingerprint density at radius 1 is 1.39 bits per heavy atom. The van der Waals surface area contributed by atoms with Crippen molar-refractivity contribution in [2.24, 2.45) is 5.92 Å².